The number of carbonyl (C=O) groups is 2. The minimum atomic E-state index is -0.911. The fourth-order valence-corrected chi connectivity index (χ4v) is 3.24. The Morgan fingerprint density at radius 3 is 2.95 bits per heavy atom. The molecule has 0 bridgehead atoms. The predicted molar refractivity (Wildman–Crippen MR) is 75.8 cm³/mol. The van der Waals surface area contributed by atoms with Gasteiger partial charge in [0.25, 0.3) is 0 Å². The molecule has 5 nitrogen and oxygen atoms in total. The summed E-state index contributed by atoms with van der Waals surface area (Å²) >= 11 is 0. The van der Waals surface area contributed by atoms with Crippen molar-refractivity contribution in [2.75, 3.05) is 13.2 Å². The molecule has 2 heterocycles. The molecule has 112 valence electrons. The van der Waals surface area contributed by atoms with Crippen LogP contribution in [0.2, 0.25) is 0 Å². The number of carbonyl (C=O) groups excluding carboxylic acids is 1. The maximum atomic E-state index is 12.4. The first-order valence-electron chi connectivity index (χ1n) is 7.38. The second-order valence-electron chi connectivity index (χ2n) is 5.60. The van der Waals surface area contributed by atoms with E-state index >= 15 is 0 Å². The predicted octanol–water partition coefficient (Wildman–Crippen LogP) is 1.77. The van der Waals surface area contributed by atoms with Crippen LogP contribution in [0.25, 0.3) is 0 Å². The van der Waals surface area contributed by atoms with Crippen molar-refractivity contribution in [2.24, 2.45) is 0 Å². The van der Waals surface area contributed by atoms with Crippen LogP contribution >= 0.6 is 0 Å². The van der Waals surface area contributed by atoms with Crippen LogP contribution < -0.4 is 0 Å². The molecule has 3 rings (SSSR count). The van der Waals surface area contributed by atoms with Gasteiger partial charge in [0.1, 0.15) is 6.04 Å². The lowest BCUT2D eigenvalue weighted by Gasteiger charge is -2.28. The van der Waals surface area contributed by atoms with E-state index < -0.39 is 12.0 Å². The molecule has 21 heavy (non-hydrogen) atoms. The van der Waals surface area contributed by atoms with Crippen molar-refractivity contribution in [3.05, 3.63) is 35.4 Å². The van der Waals surface area contributed by atoms with E-state index in [2.05, 4.69) is 6.07 Å². The van der Waals surface area contributed by atoms with Gasteiger partial charge in [-0.3, -0.25) is 4.79 Å². The smallest absolute Gasteiger partial charge is 0.326 e. The molecular formula is C16H19NO4. The van der Waals surface area contributed by atoms with Crippen molar-refractivity contribution < 1.29 is 19.4 Å². The normalized spacial score (nSPS) is 24.7. The summed E-state index contributed by atoms with van der Waals surface area (Å²) in [5, 5.41) is 9.17. The monoisotopic (exact) mass is 289 g/mol. The molecule has 0 unspecified atom stereocenters. The van der Waals surface area contributed by atoms with Crippen LogP contribution in [-0.2, 0) is 20.7 Å². The average Bonchev–Trinajstić information content (AvgIpc) is 2.97. The van der Waals surface area contributed by atoms with Crippen molar-refractivity contribution >= 4 is 11.9 Å². The van der Waals surface area contributed by atoms with Gasteiger partial charge < -0.3 is 14.7 Å². The first kappa shape index (κ1) is 14.1. The van der Waals surface area contributed by atoms with E-state index in [1.165, 1.54) is 10.5 Å². The molecule has 0 spiro atoms. The molecule has 0 radical (unpaired) electrons. The Balaban J connectivity index is 1.73. The molecule has 1 fully saturated rings. The fraction of sp³-hybridized carbons (Fsp3) is 0.500. The van der Waals surface area contributed by atoms with Crippen LogP contribution in [0.5, 0.6) is 0 Å². The molecule has 2 aliphatic heterocycles. The Bertz CT molecular complexity index is 557. The number of hydrogen-bond donors (Lipinski definition) is 1. The van der Waals surface area contributed by atoms with E-state index in [4.69, 9.17) is 4.74 Å². The van der Waals surface area contributed by atoms with E-state index in [-0.39, 0.29) is 18.4 Å². The van der Waals surface area contributed by atoms with Crippen molar-refractivity contribution in [1.82, 2.24) is 4.90 Å². The maximum absolute atomic E-state index is 12.4. The minimum absolute atomic E-state index is 0.124. The summed E-state index contributed by atoms with van der Waals surface area (Å²) in [6.07, 6.45) is 2.13. The van der Waals surface area contributed by atoms with Gasteiger partial charge in [-0.25, -0.2) is 4.79 Å². The van der Waals surface area contributed by atoms with Gasteiger partial charge in [-0.05, 0) is 30.4 Å². The Morgan fingerprint density at radius 1 is 1.33 bits per heavy atom. The van der Waals surface area contributed by atoms with Crippen molar-refractivity contribution in [1.29, 1.82) is 0 Å². The van der Waals surface area contributed by atoms with Crippen LogP contribution in [0.15, 0.2) is 24.3 Å². The summed E-state index contributed by atoms with van der Waals surface area (Å²) in [6, 6.07) is 7.32. The second-order valence-corrected chi connectivity index (χ2v) is 5.60. The zero-order valence-corrected chi connectivity index (χ0v) is 11.8. The summed E-state index contributed by atoms with van der Waals surface area (Å²) in [6.45, 7) is 1.14. The number of ether oxygens (including phenoxy) is 1. The van der Waals surface area contributed by atoms with Crippen molar-refractivity contribution in [3.8, 4) is 0 Å². The van der Waals surface area contributed by atoms with E-state index in [1.807, 2.05) is 18.2 Å². The molecule has 1 aromatic carbocycles. The Kier molecular flexibility index (Phi) is 3.92. The summed E-state index contributed by atoms with van der Waals surface area (Å²) < 4.78 is 5.74. The highest BCUT2D eigenvalue weighted by Crippen LogP contribution is 2.31. The zero-order valence-electron chi connectivity index (χ0n) is 11.8. The quantitative estimate of drug-likeness (QED) is 0.921. The second kappa shape index (κ2) is 5.85. The standard InChI is InChI=1S/C16H19NO4/c18-15(17-8-3-6-13(17)16(19)20)10-14-12-5-2-1-4-11(12)7-9-21-14/h1-2,4-5,13-14H,3,6-10H2,(H,19,20)/t13-,14-/m0/s1. The third-order valence-electron chi connectivity index (χ3n) is 4.31. The number of benzene rings is 1. The average molecular weight is 289 g/mol. The molecule has 1 amide bonds. The van der Waals surface area contributed by atoms with Crippen LogP contribution in [0.3, 0.4) is 0 Å². The SMILES string of the molecule is O=C(O)[C@@H]1CCCN1C(=O)C[C@@H]1OCCc2ccccc21. The number of carboxylic acids is 1. The van der Waals surface area contributed by atoms with E-state index in [0.717, 1.165) is 18.4 Å². The van der Waals surface area contributed by atoms with E-state index in [9.17, 15) is 14.7 Å². The number of nitrogens with zero attached hydrogens (tertiary/aromatic N) is 1. The number of aliphatic carboxylic acids is 1. The lowest BCUT2D eigenvalue weighted by molar-refractivity contribution is -0.149. The van der Waals surface area contributed by atoms with Crippen molar-refractivity contribution in [3.63, 3.8) is 0 Å². The van der Waals surface area contributed by atoms with E-state index in [1.54, 1.807) is 0 Å². The fourth-order valence-electron chi connectivity index (χ4n) is 3.24. The largest absolute Gasteiger partial charge is 0.480 e. The molecule has 0 aromatic heterocycles. The van der Waals surface area contributed by atoms with E-state index in [0.29, 0.717) is 19.6 Å². The summed E-state index contributed by atoms with van der Waals surface area (Å²) in [7, 11) is 0. The molecule has 1 aromatic rings. The number of hydrogen-bond acceptors (Lipinski definition) is 3. The van der Waals surface area contributed by atoms with Crippen LogP contribution in [-0.4, -0.2) is 41.1 Å². The molecule has 0 saturated carbocycles. The summed E-state index contributed by atoms with van der Waals surface area (Å²) in [5.41, 5.74) is 2.28. The molecule has 1 saturated heterocycles. The third kappa shape index (κ3) is 2.78. The summed E-state index contributed by atoms with van der Waals surface area (Å²) in [5.74, 6) is -1.03. The van der Waals surface area contributed by atoms with Gasteiger partial charge in [0.05, 0.1) is 19.1 Å². The molecule has 5 heteroatoms. The summed E-state index contributed by atoms with van der Waals surface area (Å²) in [4.78, 5) is 25.1. The third-order valence-corrected chi connectivity index (χ3v) is 4.31. The van der Waals surface area contributed by atoms with Gasteiger partial charge >= 0.3 is 5.97 Å². The molecule has 2 aliphatic rings. The molecule has 2 atom stereocenters. The van der Waals surface area contributed by atoms with Gasteiger partial charge in [-0.2, -0.15) is 0 Å². The lowest BCUT2D eigenvalue weighted by atomic mass is 9.95. The Morgan fingerprint density at radius 2 is 2.14 bits per heavy atom. The molecule has 1 N–H and O–H groups in total. The molecular weight excluding hydrogens is 270 g/mol. The highest BCUT2D eigenvalue weighted by Gasteiger charge is 2.35. The Hall–Kier alpha value is -1.88. The first-order chi connectivity index (χ1) is 10.2. The number of carboxylic acid groups (broad SMARTS) is 1. The zero-order chi connectivity index (χ0) is 14.8. The molecule has 0 aliphatic carbocycles. The van der Waals surface area contributed by atoms with Gasteiger partial charge in [-0.15, -0.1) is 0 Å². The highest BCUT2D eigenvalue weighted by atomic mass is 16.5. The number of rotatable bonds is 3. The lowest BCUT2D eigenvalue weighted by Crippen LogP contribution is -2.41. The van der Waals surface area contributed by atoms with Gasteiger partial charge in [0.2, 0.25) is 5.91 Å². The van der Waals surface area contributed by atoms with Crippen molar-refractivity contribution in [2.45, 2.75) is 37.8 Å². The van der Waals surface area contributed by atoms with Crippen LogP contribution in [0.4, 0.5) is 0 Å². The van der Waals surface area contributed by atoms with Crippen LogP contribution in [0.1, 0.15) is 36.5 Å². The van der Waals surface area contributed by atoms with Gasteiger partial charge in [-0.1, -0.05) is 24.3 Å². The number of fused-ring (bicyclic) bond motifs is 1. The van der Waals surface area contributed by atoms with Gasteiger partial charge in [0, 0.05) is 6.54 Å². The first-order valence-corrected chi connectivity index (χ1v) is 7.38. The topological polar surface area (TPSA) is 66.8 Å². The number of amides is 1. The van der Waals surface area contributed by atoms with Gasteiger partial charge in [0.15, 0.2) is 0 Å². The van der Waals surface area contributed by atoms with Crippen LogP contribution in [0, 0.1) is 0 Å². The minimum Gasteiger partial charge on any atom is -0.480 e. The number of likely N-dealkylation sites (tertiary alicyclic amines) is 1. The maximum Gasteiger partial charge on any atom is 0.326 e. The highest BCUT2D eigenvalue weighted by molar-refractivity contribution is 5.84. The Labute approximate surface area is 123 Å².